The molecule has 0 saturated heterocycles. The Morgan fingerprint density at radius 3 is 2.58 bits per heavy atom. The van der Waals surface area contributed by atoms with E-state index < -0.39 is 17.8 Å². The van der Waals surface area contributed by atoms with Crippen LogP contribution >= 0.6 is 11.6 Å². The Bertz CT molecular complexity index is 905. The van der Waals surface area contributed by atoms with E-state index in [2.05, 4.69) is 10.3 Å². The molecule has 3 rings (SSSR count). The summed E-state index contributed by atoms with van der Waals surface area (Å²) in [6.45, 7) is 0. The Morgan fingerprint density at radius 1 is 1.23 bits per heavy atom. The van der Waals surface area contributed by atoms with Crippen LogP contribution in [0.5, 0.6) is 0 Å². The molecule has 2 aromatic carbocycles. The minimum Gasteiger partial charge on any atom is -0.342 e. The summed E-state index contributed by atoms with van der Waals surface area (Å²) in [7, 11) is 1.79. The van der Waals surface area contributed by atoms with Gasteiger partial charge in [0.25, 0.3) is 0 Å². The highest BCUT2D eigenvalue weighted by atomic mass is 35.5. The van der Waals surface area contributed by atoms with E-state index in [1.54, 1.807) is 36.1 Å². The number of hydrogen-bond donors (Lipinski definition) is 1. The van der Waals surface area contributed by atoms with Crippen LogP contribution < -0.4 is 5.32 Å². The summed E-state index contributed by atoms with van der Waals surface area (Å²) in [4.78, 5) is 16.8. The number of benzene rings is 2. The zero-order valence-corrected chi connectivity index (χ0v) is 14.7. The maximum atomic E-state index is 13.9. The van der Waals surface area contributed by atoms with Crippen LogP contribution in [0.25, 0.3) is 0 Å². The number of rotatable bonds is 5. The van der Waals surface area contributed by atoms with Gasteiger partial charge in [-0.3, -0.25) is 4.79 Å². The molecule has 0 aliphatic carbocycles. The molecular weight excluding hydrogens is 360 g/mol. The van der Waals surface area contributed by atoms with Crippen LogP contribution in [0.1, 0.15) is 23.0 Å². The fraction of sp³-hybridized carbons (Fsp3) is 0.158. The zero-order chi connectivity index (χ0) is 18.7. The molecule has 0 aliphatic heterocycles. The predicted octanol–water partition coefficient (Wildman–Crippen LogP) is 3.80. The fourth-order valence-electron chi connectivity index (χ4n) is 2.68. The van der Waals surface area contributed by atoms with Gasteiger partial charge in [0.2, 0.25) is 5.91 Å². The van der Waals surface area contributed by atoms with Crippen molar-refractivity contribution in [2.75, 3.05) is 0 Å². The van der Waals surface area contributed by atoms with Gasteiger partial charge in [-0.1, -0.05) is 29.8 Å². The van der Waals surface area contributed by atoms with Gasteiger partial charge in [0.15, 0.2) is 0 Å². The minimum atomic E-state index is -0.603. The molecule has 1 aromatic heterocycles. The number of aryl methyl sites for hydroxylation is 1. The topological polar surface area (TPSA) is 46.9 Å². The molecule has 0 bridgehead atoms. The second-order valence-electron chi connectivity index (χ2n) is 5.83. The quantitative estimate of drug-likeness (QED) is 0.737. The van der Waals surface area contributed by atoms with E-state index in [1.807, 2.05) is 0 Å². The molecule has 0 radical (unpaired) electrons. The van der Waals surface area contributed by atoms with E-state index >= 15 is 0 Å². The molecule has 1 amide bonds. The standard InChI is InChI=1S/C19H16ClF2N3O/c1-25-10-9-23-19(25)18(12-5-7-13(21)8-6-12)24-17(26)11-14-15(20)3-2-4-16(14)22/h2-10,18H,11H2,1H3,(H,24,26)/t18-/m0/s1. The molecule has 4 nitrogen and oxygen atoms in total. The number of imidazole rings is 1. The predicted molar refractivity (Wildman–Crippen MR) is 94.7 cm³/mol. The van der Waals surface area contributed by atoms with Gasteiger partial charge in [0.1, 0.15) is 23.5 Å². The number of carbonyl (C=O) groups excluding carboxylic acids is 1. The summed E-state index contributed by atoms with van der Waals surface area (Å²) in [5.41, 5.74) is 0.790. The van der Waals surface area contributed by atoms with E-state index in [0.717, 1.165) is 0 Å². The molecule has 0 aliphatic rings. The Balaban J connectivity index is 1.87. The lowest BCUT2D eigenvalue weighted by molar-refractivity contribution is -0.121. The monoisotopic (exact) mass is 375 g/mol. The largest absolute Gasteiger partial charge is 0.342 e. The second kappa shape index (κ2) is 7.66. The summed E-state index contributed by atoms with van der Waals surface area (Å²) in [6, 6.07) is 9.43. The average molecular weight is 376 g/mol. The molecule has 3 aromatic rings. The van der Waals surface area contributed by atoms with Crippen molar-refractivity contribution in [3.63, 3.8) is 0 Å². The van der Waals surface area contributed by atoms with E-state index in [4.69, 9.17) is 11.6 Å². The molecule has 0 saturated carbocycles. The number of amides is 1. The molecule has 26 heavy (non-hydrogen) atoms. The molecule has 1 heterocycles. The first-order valence-electron chi connectivity index (χ1n) is 7.90. The Hall–Kier alpha value is -2.73. The smallest absolute Gasteiger partial charge is 0.225 e. The number of nitrogens with one attached hydrogen (secondary N) is 1. The van der Waals surface area contributed by atoms with Crippen LogP contribution in [-0.4, -0.2) is 15.5 Å². The SMILES string of the molecule is Cn1ccnc1[C@@H](NC(=O)Cc1c(F)cccc1Cl)c1ccc(F)cc1. The van der Waals surface area contributed by atoms with E-state index in [0.29, 0.717) is 11.4 Å². The summed E-state index contributed by atoms with van der Waals surface area (Å²) >= 11 is 5.99. The first-order valence-corrected chi connectivity index (χ1v) is 8.28. The number of nitrogens with zero attached hydrogens (tertiary/aromatic N) is 2. The lowest BCUT2D eigenvalue weighted by Gasteiger charge is -2.19. The van der Waals surface area contributed by atoms with Crippen molar-refractivity contribution in [2.24, 2.45) is 7.05 Å². The summed E-state index contributed by atoms with van der Waals surface area (Å²) in [5, 5.41) is 3.02. The Kier molecular flexibility index (Phi) is 5.32. The maximum Gasteiger partial charge on any atom is 0.225 e. The second-order valence-corrected chi connectivity index (χ2v) is 6.23. The van der Waals surface area contributed by atoms with Gasteiger partial charge < -0.3 is 9.88 Å². The van der Waals surface area contributed by atoms with E-state index in [9.17, 15) is 13.6 Å². The maximum absolute atomic E-state index is 13.9. The van der Waals surface area contributed by atoms with Gasteiger partial charge in [-0.15, -0.1) is 0 Å². The van der Waals surface area contributed by atoms with Crippen molar-refractivity contribution in [3.8, 4) is 0 Å². The van der Waals surface area contributed by atoms with Crippen molar-refractivity contribution < 1.29 is 13.6 Å². The Labute approximate surface area is 154 Å². The fourth-order valence-corrected chi connectivity index (χ4v) is 2.91. The molecule has 1 N–H and O–H groups in total. The molecule has 134 valence electrons. The van der Waals surface area contributed by atoms with E-state index in [1.165, 1.54) is 30.3 Å². The van der Waals surface area contributed by atoms with Crippen LogP contribution in [0.15, 0.2) is 54.9 Å². The number of carbonyl (C=O) groups is 1. The molecular formula is C19H16ClF2N3O. The normalized spacial score (nSPS) is 12.0. The third kappa shape index (κ3) is 3.91. The molecule has 7 heteroatoms. The molecule has 0 unspecified atom stereocenters. The molecule has 0 spiro atoms. The lowest BCUT2D eigenvalue weighted by atomic mass is 10.0. The van der Waals surface area contributed by atoms with Gasteiger partial charge in [-0.25, -0.2) is 13.8 Å². The van der Waals surface area contributed by atoms with Gasteiger partial charge >= 0.3 is 0 Å². The zero-order valence-electron chi connectivity index (χ0n) is 13.9. The first kappa shape index (κ1) is 18.1. The van der Waals surface area contributed by atoms with Crippen LogP contribution in [-0.2, 0) is 18.3 Å². The number of hydrogen-bond acceptors (Lipinski definition) is 2. The van der Waals surface area contributed by atoms with Crippen molar-refractivity contribution in [3.05, 3.63) is 88.5 Å². The van der Waals surface area contributed by atoms with Gasteiger partial charge in [-0.05, 0) is 29.8 Å². The summed E-state index contributed by atoms with van der Waals surface area (Å²) < 4.78 is 28.9. The van der Waals surface area contributed by atoms with Crippen molar-refractivity contribution in [1.29, 1.82) is 0 Å². The third-order valence-electron chi connectivity index (χ3n) is 4.02. The highest BCUT2D eigenvalue weighted by Crippen LogP contribution is 2.23. The number of halogens is 3. The summed E-state index contributed by atoms with van der Waals surface area (Å²) in [6.07, 6.45) is 3.13. The highest BCUT2D eigenvalue weighted by Gasteiger charge is 2.22. The van der Waals surface area contributed by atoms with Crippen LogP contribution in [0, 0.1) is 11.6 Å². The van der Waals surface area contributed by atoms with Gasteiger partial charge in [-0.2, -0.15) is 0 Å². The lowest BCUT2D eigenvalue weighted by Crippen LogP contribution is -2.32. The van der Waals surface area contributed by atoms with Gasteiger partial charge in [0, 0.05) is 30.0 Å². The highest BCUT2D eigenvalue weighted by molar-refractivity contribution is 6.31. The van der Waals surface area contributed by atoms with Gasteiger partial charge in [0.05, 0.1) is 6.42 Å². The van der Waals surface area contributed by atoms with Crippen molar-refractivity contribution in [2.45, 2.75) is 12.5 Å². The van der Waals surface area contributed by atoms with Crippen LogP contribution in [0.4, 0.5) is 8.78 Å². The average Bonchev–Trinajstić information content (AvgIpc) is 3.03. The molecule has 1 atom stereocenters. The van der Waals surface area contributed by atoms with E-state index in [-0.39, 0.29) is 22.8 Å². The minimum absolute atomic E-state index is 0.129. The van der Waals surface area contributed by atoms with Crippen LogP contribution in [0.3, 0.4) is 0 Å². The third-order valence-corrected chi connectivity index (χ3v) is 4.38. The number of aromatic nitrogens is 2. The van der Waals surface area contributed by atoms with Crippen molar-refractivity contribution in [1.82, 2.24) is 14.9 Å². The summed E-state index contributed by atoms with van der Waals surface area (Å²) in [5.74, 6) is -0.765. The first-order chi connectivity index (χ1) is 12.5. The van der Waals surface area contributed by atoms with Crippen LogP contribution in [0.2, 0.25) is 5.02 Å². The van der Waals surface area contributed by atoms with Crippen molar-refractivity contribution >= 4 is 17.5 Å². The molecule has 0 fully saturated rings. The Morgan fingerprint density at radius 2 is 1.96 bits per heavy atom.